The van der Waals surface area contributed by atoms with E-state index in [1.54, 1.807) is 0 Å². The van der Waals surface area contributed by atoms with Gasteiger partial charge in [-0.1, -0.05) is 13.3 Å². The predicted octanol–water partition coefficient (Wildman–Crippen LogP) is 2.34. The Balaban J connectivity index is 1.95. The highest BCUT2D eigenvalue weighted by atomic mass is 16.4. The summed E-state index contributed by atoms with van der Waals surface area (Å²) in [5.41, 5.74) is 0. The third kappa shape index (κ3) is 3.21. The van der Waals surface area contributed by atoms with Crippen molar-refractivity contribution in [3.05, 3.63) is 23.7 Å². The predicted molar refractivity (Wildman–Crippen MR) is 72.9 cm³/mol. The van der Waals surface area contributed by atoms with E-state index in [1.807, 2.05) is 26.0 Å². The van der Waals surface area contributed by atoms with Crippen LogP contribution in [0.1, 0.15) is 37.7 Å². The van der Waals surface area contributed by atoms with Crippen LogP contribution in [-0.2, 0) is 16.1 Å². The van der Waals surface area contributed by atoms with Crippen molar-refractivity contribution in [2.75, 3.05) is 0 Å². The standard InChI is InChI=1S/C15H21NO4/c1-3-10-6-12(13(7-10)15(18)19)14(17)16-8-11-5-4-9(2)20-11/h4-5,10,12-13H,3,6-8H2,1-2H3,(H,16,17)(H,18,19)/t10?,12-,13+/m0/s1. The van der Waals surface area contributed by atoms with E-state index in [1.165, 1.54) is 0 Å². The van der Waals surface area contributed by atoms with Crippen LogP contribution in [0.2, 0.25) is 0 Å². The van der Waals surface area contributed by atoms with E-state index in [2.05, 4.69) is 5.32 Å². The van der Waals surface area contributed by atoms with Crippen LogP contribution in [-0.4, -0.2) is 17.0 Å². The maximum Gasteiger partial charge on any atom is 0.307 e. The number of aryl methyl sites for hydroxylation is 1. The number of nitrogens with one attached hydrogen (secondary N) is 1. The van der Waals surface area contributed by atoms with Crippen molar-refractivity contribution in [1.82, 2.24) is 5.32 Å². The van der Waals surface area contributed by atoms with Crippen molar-refractivity contribution in [3.8, 4) is 0 Å². The molecule has 0 aromatic carbocycles. The monoisotopic (exact) mass is 279 g/mol. The van der Waals surface area contributed by atoms with Crippen LogP contribution in [0.25, 0.3) is 0 Å². The highest BCUT2D eigenvalue weighted by Crippen LogP contribution is 2.38. The highest BCUT2D eigenvalue weighted by Gasteiger charge is 2.41. The third-order valence-corrected chi connectivity index (χ3v) is 4.12. The van der Waals surface area contributed by atoms with E-state index >= 15 is 0 Å². The smallest absolute Gasteiger partial charge is 0.307 e. The highest BCUT2D eigenvalue weighted by molar-refractivity contribution is 5.85. The van der Waals surface area contributed by atoms with Gasteiger partial charge in [0.25, 0.3) is 0 Å². The first-order valence-electron chi connectivity index (χ1n) is 7.07. The molecule has 1 aromatic rings. The number of hydrogen-bond acceptors (Lipinski definition) is 3. The summed E-state index contributed by atoms with van der Waals surface area (Å²) in [5, 5.41) is 12.0. The number of carbonyl (C=O) groups excluding carboxylic acids is 1. The van der Waals surface area contributed by atoms with E-state index in [-0.39, 0.29) is 5.91 Å². The number of carboxylic acid groups (broad SMARTS) is 1. The van der Waals surface area contributed by atoms with Crippen LogP contribution in [0.15, 0.2) is 16.5 Å². The Morgan fingerprint density at radius 2 is 2.05 bits per heavy atom. The molecule has 1 unspecified atom stereocenters. The number of carboxylic acids is 1. The van der Waals surface area contributed by atoms with Crippen molar-refractivity contribution in [2.45, 2.75) is 39.7 Å². The molecule has 0 saturated heterocycles. The first-order chi connectivity index (χ1) is 9.51. The molecular weight excluding hydrogens is 258 g/mol. The SMILES string of the molecule is CCC1C[C@H](C(=O)NCc2ccc(C)o2)[C@H](C(=O)O)C1. The zero-order valence-electron chi connectivity index (χ0n) is 11.9. The van der Waals surface area contributed by atoms with Gasteiger partial charge < -0.3 is 14.8 Å². The number of hydrogen-bond donors (Lipinski definition) is 2. The molecule has 0 radical (unpaired) electrons. The summed E-state index contributed by atoms with van der Waals surface area (Å²) in [6.07, 6.45) is 2.19. The fourth-order valence-corrected chi connectivity index (χ4v) is 2.92. The molecule has 2 rings (SSSR count). The van der Waals surface area contributed by atoms with Crippen LogP contribution in [0, 0.1) is 24.7 Å². The van der Waals surface area contributed by atoms with Gasteiger partial charge >= 0.3 is 5.97 Å². The molecule has 1 aromatic heterocycles. The van der Waals surface area contributed by atoms with Gasteiger partial charge in [-0.2, -0.15) is 0 Å². The fourth-order valence-electron chi connectivity index (χ4n) is 2.92. The molecule has 110 valence electrons. The molecule has 1 fully saturated rings. The summed E-state index contributed by atoms with van der Waals surface area (Å²) in [4.78, 5) is 23.4. The van der Waals surface area contributed by atoms with Gasteiger partial charge in [-0.25, -0.2) is 0 Å². The van der Waals surface area contributed by atoms with E-state index in [0.29, 0.717) is 31.1 Å². The van der Waals surface area contributed by atoms with Crippen LogP contribution in [0.3, 0.4) is 0 Å². The molecule has 3 atom stereocenters. The molecule has 1 heterocycles. The lowest BCUT2D eigenvalue weighted by molar-refractivity contribution is -0.146. The maximum atomic E-state index is 12.2. The minimum atomic E-state index is -0.866. The first-order valence-corrected chi connectivity index (χ1v) is 7.07. The number of aliphatic carboxylic acids is 1. The molecule has 0 spiro atoms. The van der Waals surface area contributed by atoms with Gasteiger partial charge in [-0.05, 0) is 37.8 Å². The van der Waals surface area contributed by atoms with Crippen LogP contribution >= 0.6 is 0 Å². The Bertz CT molecular complexity index is 494. The largest absolute Gasteiger partial charge is 0.481 e. The average molecular weight is 279 g/mol. The Hall–Kier alpha value is -1.78. The zero-order valence-corrected chi connectivity index (χ0v) is 11.9. The molecule has 2 N–H and O–H groups in total. The lowest BCUT2D eigenvalue weighted by Crippen LogP contribution is -2.34. The summed E-state index contributed by atoms with van der Waals surface area (Å²) >= 11 is 0. The van der Waals surface area contributed by atoms with Crippen molar-refractivity contribution < 1.29 is 19.1 Å². The second kappa shape index (κ2) is 6.11. The second-order valence-electron chi connectivity index (χ2n) is 5.53. The summed E-state index contributed by atoms with van der Waals surface area (Å²) < 4.78 is 5.38. The average Bonchev–Trinajstić information content (AvgIpc) is 3.02. The Labute approximate surface area is 118 Å². The van der Waals surface area contributed by atoms with E-state index in [4.69, 9.17) is 4.42 Å². The van der Waals surface area contributed by atoms with Gasteiger partial charge in [0, 0.05) is 0 Å². The molecule has 1 amide bonds. The molecule has 5 heteroatoms. The summed E-state index contributed by atoms with van der Waals surface area (Å²) in [6.45, 7) is 4.19. The van der Waals surface area contributed by atoms with Gasteiger partial charge in [-0.3, -0.25) is 9.59 Å². The number of carbonyl (C=O) groups is 2. The zero-order chi connectivity index (χ0) is 14.7. The van der Waals surface area contributed by atoms with Gasteiger partial charge in [0.2, 0.25) is 5.91 Å². The Morgan fingerprint density at radius 1 is 1.35 bits per heavy atom. The minimum absolute atomic E-state index is 0.178. The minimum Gasteiger partial charge on any atom is -0.481 e. The van der Waals surface area contributed by atoms with Gasteiger partial charge in [0.1, 0.15) is 11.5 Å². The Kier molecular flexibility index (Phi) is 4.47. The number of rotatable bonds is 5. The van der Waals surface area contributed by atoms with Crippen molar-refractivity contribution in [2.24, 2.45) is 17.8 Å². The van der Waals surface area contributed by atoms with Crippen LogP contribution in [0.4, 0.5) is 0 Å². The van der Waals surface area contributed by atoms with Crippen molar-refractivity contribution in [3.63, 3.8) is 0 Å². The van der Waals surface area contributed by atoms with E-state index in [9.17, 15) is 14.7 Å². The lowest BCUT2D eigenvalue weighted by Gasteiger charge is -2.14. The molecule has 1 aliphatic rings. The first kappa shape index (κ1) is 14.6. The lowest BCUT2D eigenvalue weighted by atomic mass is 9.95. The third-order valence-electron chi connectivity index (χ3n) is 4.12. The topological polar surface area (TPSA) is 79.5 Å². The number of furan rings is 1. The van der Waals surface area contributed by atoms with Gasteiger partial charge in [0.15, 0.2) is 0 Å². The molecule has 20 heavy (non-hydrogen) atoms. The number of amides is 1. The molecule has 0 bridgehead atoms. The molecular formula is C15H21NO4. The van der Waals surface area contributed by atoms with Gasteiger partial charge in [0.05, 0.1) is 18.4 Å². The van der Waals surface area contributed by atoms with Crippen molar-refractivity contribution >= 4 is 11.9 Å². The normalized spacial score (nSPS) is 25.6. The van der Waals surface area contributed by atoms with E-state index in [0.717, 1.165) is 12.2 Å². The van der Waals surface area contributed by atoms with E-state index < -0.39 is 17.8 Å². The molecule has 0 aliphatic heterocycles. The summed E-state index contributed by atoms with van der Waals surface area (Å²) in [6, 6.07) is 3.65. The second-order valence-corrected chi connectivity index (χ2v) is 5.53. The summed E-state index contributed by atoms with van der Waals surface area (Å²) in [5.74, 6) is -0.209. The Morgan fingerprint density at radius 3 is 2.60 bits per heavy atom. The molecule has 1 aliphatic carbocycles. The molecule has 1 saturated carbocycles. The van der Waals surface area contributed by atoms with Gasteiger partial charge in [-0.15, -0.1) is 0 Å². The van der Waals surface area contributed by atoms with Crippen molar-refractivity contribution in [1.29, 1.82) is 0 Å². The fraction of sp³-hybridized carbons (Fsp3) is 0.600. The summed E-state index contributed by atoms with van der Waals surface area (Å²) in [7, 11) is 0. The quantitative estimate of drug-likeness (QED) is 0.867. The molecule has 5 nitrogen and oxygen atoms in total. The van der Waals surface area contributed by atoms with Crippen LogP contribution in [0.5, 0.6) is 0 Å². The van der Waals surface area contributed by atoms with Crippen LogP contribution < -0.4 is 5.32 Å². The maximum absolute atomic E-state index is 12.2.